The third-order valence-corrected chi connectivity index (χ3v) is 3.66. The van der Waals surface area contributed by atoms with Crippen LogP contribution in [0.15, 0.2) is 36.4 Å². The minimum absolute atomic E-state index is 0.248. The molecule has 0 aliphatic heterocycles. The molecule has 1 rings (SSSR count). The number of unbranched alkanes of at least 4 members (excludes halogenated alkanes) is 5. The van der Waals surface area contributed by atoms with E-state index in [0.717, 1.165) is 12.8 Å². The number of nitrogens with one attached hydrogen (secondary N) is 2. The van der Waals surface area contributed by atoms with Crippen LogP contribution in [0.25, 0.3) is 0 Å². The second kappa shape index (κ2) is 13.0. The Bertz CT molecular complexity index is 556. The molecule has 2 N–H and O–H groups in total. The summed E-state index contributed by atoms with van der Waals surface area (Å²) in [5, 5.41) is 5.51. The van der Waals surface area contributed by atoms with Gasteiger partial charge in [0.05, 0.1) is 12.3 Å². The lowest BCUT2D eigenvalue weighted by molar-refractivity contribution is -0.117. The van der Waals surface area contributed by atoms with E-state index in [-0.39, 0.29) is 11.8 Å². The molecule has 0 bridgehead atoms. The second-order valence-corrected chi connectivity index (χ2v) is 5.81. The van der Waals surface area contributed by atoms with Crippen LogP contribution in [-0.2, 0) is 9.59 Å². The van der Waals surface area contributed by atoms with Gasteiger partial charge in [0.1, 0.15) is 5.75 Å². The lowest BCUT2D eigenvalue weighted by Crippen LogP contribution is -2.22. The number of carbonyl (C=O) groups is 2. The van der Waals surface area contributed by atoms with Crippen molar-refractivity contribution >= 4 is 17.5 Å². The third-order valence-electron chi connectivity index (χ3n) is 3.66. The number of carbonyl (C=O) groups excluding carboxylic acids is 2. The van der Waals surface area contributed by atoms with Gasteiger partial charge in [-0.15, -0.1) is 0 Å². The number of hydrogen-bond acceptors (Lipinski definition) is 3. The van der Waals surface area contributed by atoms with Crippen molar-refractivity contribution in [3.05, 3.63) is 36.4 Å². The second-order valence-electron chi connectivity index (χ2n) is 5.81. The van der Waals surface area contributed by atoms with Crippen molar-refractivity contribution in [2.45, 2.75) is 52.4 Å². The van der Waals surface area contributed by atoms with Gasteiger partial charge in [0.15, 0.2) is 0 Å². The molecule has 0 spiro atoms. The smallest absolute Gasteiger partial charge is 0.248 e. The normalized spacial score (nSPS) is 10.6. The van der Waals surface area contributed by atoms with Gasteiger partial charge in [0.2, 0.25) is 11.8 Å². The lowest BCUT2D eigenvalue weighted by atomic mass is 10.1. The number of hydrogen-bond donors (Lipinski definition) is 2. The molecule has 1 aromatic carbocycles. The third kappa shape index (κ3) is 9.55. The predicted octanol–water partition coefficient (Wildman–Crippen LogP) is 4.06. The summed E-state index contributed by atoms with van der Waals surface area (Å²) in [5.74, 6) is 0.00273. The molecule has 0 aliphatic rings. The van der Waals surface area contributed by atoms with Crippen LogP contribution in [0.1, 0.15) is 52.4 Å². The molecule has 0 saturated carbocycles. The van der Waals surface area contributed by atoms with Crippen molar-refractivity contribution in [2.24, 2.45) is 0 Å². The van der Waals surface area contributed by atoms with Crippen LogP contribution >= 0.6 is 0 Å². The fourth-order valence-corrected chi connectivity index (χ4v) is 2.35. The van der Waals surface area contributed by atoms with Crippen molar-refractivity contribution in [1.82, 2.24) is 5.32 Å². The molecule has 1 aromatic rings. The number of rotatable bonds is 12. The topological polar surface area (TPSA) is 67.4 Å². The van der Waals surface area contributed by atoms with Gasteiger partial charge in [-0.1, -0.05) is 51.2 Å². The Kier molecular flexibility index (Phi) is 10.8. The Balaban J connectivity index is 2.28. The van der Waals surface area contributed by atoms with Gasteiger partial charge in [0.25, 0.3) is 0 Å². The lowest BCUT2D eigenvalue weighted by Gasteiger charge is -2.09. The van der Waals surface area contributed by atoms with E-state index in [1.54, 1.807) is 12.1 Å². The average molecular weight is 346 g/mol. The highest BCUT2D eigenvalue weighted by molar-refractivity contribution is 6.04. The molecule has 0 aliphatic carbocycles. The fraction of sp³-hybridized carbons (Fsp3) is 0.500. The van der Waals surface area contributed by atoms with Gasteiger partial charge >= 0.3 is 0 Å². The van der Waals surface area contributed by atoms with Crippen LogP contribution in [-0.4, -0.2) is 25.0 Å². The standard InChI is InChI=1S/C20H30N2O3/c1-3-5-6-7-8-11-16-21-19(23)14-15-20(24)22-17-12-9-10-13-18(17)25-4-2/h9-10,12-15H,3-8,11,16H2,1-2H3,(H,21,23)(H,22,24)/b15-14+. The van der Waals surface area contributed by atoms with E-state index in [4.69, 9.17) is 4.74 Å². The zero-order valence-electron chi connectivity index (χ0n) is 15.3. The Hall–Kier alpha value is -2.30. The molecule has 0 fully saturated rings. The summed E-state index contributed by atoms with van der Waals surface area (Å²) in [6.45, 7) is 5.23. The van der Waals surface area contributed by atoms with E-state index in [2.05, 4.69) is 17.6 Å². The molecule has 25 heavy (non-hydrogen) atoms. The minimum atomic E-state index is -0.359. The summed E-state index contributed by atoms with van der Waals surface area (Å²) in [7, 11) is 0. The summed E-state index contributed by atoms with van der Waals surface area (Å²) in [6, 6.07) is 7.20. The van der Waals surface area contributed by atoms with Crippen molar-refractivity contribution in [3.8, 4) is 5.75 Å². The van der Waals surface area contributed by atoms with Gasteiger partial charge in [-0.3, -0.25) is 9.59 Å². The molecule has 138 valence electrons. The van der Waals surface area contributed by atoms with Gasteiger partial charge in [0, 0.05) is 18.7 Å². The summed E-state index contributed by atoms with van der Waals surface area (Å²) in [6.07, 6.45) is 9.56. The Morgan fingerprint density at radius 2 is 1.64 bits per heavy atom. The van der Waals surface area contributed by atoms with E-state index < -0.39 is 0 Å². The van der Waals surface area contributed by atoms with E-state index >= 15 is 0 Å². The van der Waals surface area contributed by atoms with Gasteiger partial charge in [-0.2, -0.15) is 0 Å². The van der Waals surface area contributed by atoms with Crippen LogP contribution in [0, 0.1) is 0 Å². The highest BCUT2D eigenvalue weighted by Crippen LogP contribution is 2.23. The minimum Gasteiger partial charge on any atom is -0.492 e. The quantitative estimate of drug-likeness (QED) is 0.443. The number of anilines is 1. The first-order chi connectivity index (χ1) is 12.2. The molecular weight excluding hydrogens is 316 g/mol. The van der Waals surface area contributed by atoms with Crippen LogP contribution in [0.4, 0.5) is 5.69 Å². The monoisotopic (exact) mass is 346 g/mol. The highest BCUT2D eigenvalue weighted by Gasteiger charge is 2.05. The molecule has 2 amide bonds. The van der Waals surface area contributed by atoms with E-state index in [1.165, 1.54) is 37.8 Å². The maximum atomic E-state index is 11.9. The van der Waals surface area contributed by atoms with Crippen molar-refractivity contribution in [3.63, 3.8) is 0 Å². The average Bonchev–Trinajstić information content (AvgIpc) is 2.61. The van der Waals surface area contributed by atoms with Crippen LogP contribution in [0.3, 0.4) is 0 Å². The molecule has 0 aromatic heterocycles. The van der Waals surface area contributed by atoms with E-state index in [0.29, 0.717) is 24.6 Å². The van der Waals surface area contributed by atoms with Gasteiger partial charge < -0.3 is 15.4 Å². The van der Waals surface area contributed by atoms with Crippen molar-refractivity contribution in [1.29, 1.82) is 0 Å². The molecular formula is C20H30N2O3. The number of ether oxygens (including phenoxy) is 1. The summed E-state index contributed by atoms with van der Waals surface area (Å²) >= 11 is 0. The van der Waals surface area contributed by atoms with Crippen molar-refractivity contribution in [2.75, 3.05) is 18.5 Å². The predicted molar refractivity (Wildman–Crippen MR) is 102 cm³/mol. The number of benzene rings is 1. The molecule has 0 saturated heterocycles. The van der Waals surface area contributed by atoms with Gasteiger partial charge in [-0.25, -0.2) is 0 Å². The SMILES string of the molecule is CCCCCCCCNC(=O)/C=C/C(=O)Nc1ccccc1OCC. The molecule has 0 heterocycles. The van der Waals surface area contributed by atoms with E-state index in [9.17, 15) is 9.59 Å². The Morgan fingerprint density at radius 1 is 0.960 bits per heavy atom. The maximum Gasteiger partial charge on any atom is 0.248 e. The summed E-state index contributed by atoms with van der Waals surface area (Å²) in [5.41, 5.74) is 0.589. The maximum absolute atomic E-state index is 11.9. The highest BCUT2D eigenvalue weighted by atomic mass is 16.5. The van der Waals surface area contributed by atoms with Crippen LogP contribution in [0.5, 0.6) is 5.75 Å². The summed E-state index contributed by atoms with van der Waals surface area (Å²) in [4.78, 5) is 23.6. The van der Waals surface area contributed by atoms with Crippen LogP contribution < -0.4 is 15.4 Å². The first-order valence-electron chi connectivity index (χ1n) is 9.16. The largest absolute Gasteiger partial charge is 0.492 e. The van der Waals surface area contributed by atoms with Crippen LogP contribution in [0.2, 0.25) is 0 Å². The fourth-order valence-electron chi connectivity index (χ4n) is 2.35. The molecule has 5 nitrogen and oxygen atoms in total. The van der Waals surface area contributed by atoms with E-state index in [1.807, 2.05) is 19.1 Å². The number of amides is 2. The Labute approximate surface area is 150 Å². The molecule has 5 heteroatoms. The first kappa shape index (κ1) is 20.7. The molecule has 0 radical (unpaired) electrons. The zero-order chi connectivity index (χ0) is 18.3. The Morgan fingerprint density at radius 3 is 2.40 bits per heavy atom. The zero-order valence-corrected chi connectivity index (χ0v) is 15.3. The summed E-state index contributed by atoms with van der Waals surface area (Å²) < 4.78 is 5.45. The molecule has 0 unspecified atom stereocenters. The molecule has 0 atom stereocenters. The van der Waals surface area contributed by atoms with Crippen molar-refractivity contribution < 1.29 is 14.3 Å². The number of para-hydroxylation sites is 2. The van der Waals surface area contributed by atoms with Gasteiger partial charge in [-0.05, 0) is 25.5 Å². The first-order valence-corrected chi connectivity index (χ1v) is 9.16.